The lowest BCUT2D eigenvalue weighted by Gasteiger charge is -2.37. The highest BCUT2D eigenvalue weighted by Gasteiger charge is 2.32. The first kappa shape index (κ1) is 12.9. The Labute approximate surface area is 107 Å². The molecule has 4 nitrogen and oxygen atoms in total. The van der Waals surface area contributed by atoms with Gasteiger partial charge in [-0.05, 0) is 19.4 Å². The monoisotopic (exact) mass is 249 g/mol. The third-order valence-electron chi connectivity index (χ3n) is 3.40. The van der Waals surface area contributed by atoms with E-state index in [0.717, 1.165) is 23.4 Å². The summed E-state index contributed by atoms with van der Waals surface area (Å²) >= 11 is 0. The zero-order valence-electron chi connectivity index (χ0n) is 11.1. The van der Waals surface area contributed by atoms with Crippen molar-refractivity contribution >= 4 is 5.97 Å². The fourth-order valence-electron chi connectivity index (χ4n) is 2.55. The summed E-state index contributed by atoms with van der Waals surface area (Å²) in [6.45, 7) is 6.12. The zero-order chi connectivity index (χ0) is 13.3. The molecule has 1 N–H and O–H groups in total. The number of nitrogens with zero attached hydrogens (tertiary/aromatic N) is 1. The Morgan fingerprint density at radius 1 is 1.44 bits per heavy atom. The predicted octanol–water partition coefficient (Wildman–Crippen LogP) is 1.83. The van der Waals surface area contributed by atoms with E-state index in [9.17, 15) is 4.79 Å². The lowest BCUT2D eigenvalue weighted by Crippen LogP contribution is -2.49. The van der Waals surface area contributed by atoms with Gasteiger partial charge in [0.1, 0.15) is 5.75 Å². The molecule has 2 rings (SSSR count). The minimum Gasteiger partial charge on any atom is -0.496 e. The number of ether oxygens (including phenoxy) is 1. The molecule has 18 heavy (non-hydrogen) atoms. The topological polar surface area (TPSA) is 49.8 Å². The first-order chi connectivity index (χ1) is 8.51. The van der Waals surface area contributed by atoms with Crippen LogP contribution in [0.1, 0.15) is 16.7 Å². The van der Waals surface area contributed by atoms with Crippen molar-refractivity contribution in [2.24, 2.45) is 5.92 Å². The van der Waals surface area contributed by atoms with Gasteiger partial charge in [-0.15, -0.1) is 0 Å². The van der Waals surface area contributed by atoms with Crippen molar-refractivity contribution in [3.63, 3.8) is 0 Å². The van der Waals surface area contributed by atoms with E-state index in [1.54, 1.807) is 7.11 Å². The van der Waals surface area contributed by atoms with E-state index in [4.69, 9.17) is 9.84 Å². The normalized spacial score (nSPS) is 16.4. The summed E-state index contributed by atoms with van der Waals surface area (Å²) in [5.41, 5.74) is 3.47. The SMILES string of the molecule is COc1c(C)cc(C)cc1CN1CC(C(=O)O)C1. The lowest BCUT2D eigenvalue weighted by atomic mass is 9.98. The number of carboxylic acid groups (broad SMARTS) is 1. The summed E-state index contributed by atoms with van der Waals surface area (Å²) < 4.78 is 5.43. The van der Waals surface area contributed by atoms with Gasteiger partial charge in [0.25, 0.3) is 0 Å². The Morgan fingerprint density at radius 2 is 2.11 bits per heavy atom. The molecule has 0 radical (unpaired) electrons. The summed E-state index contributed by atoms with van der Waals surface area (Å²) in [4.78, 5) is 12.9. The number of aryl methyl sites for hydroxylation is 2. The largest absolute Gasteiger partial charge is 0.496 e. The quantitative estimate of drug-likeness (QED) is 0.884. The molecule has 0 bridgehead atoms. The van der Waals surface area contributed by atoms with Crippen LogP contribution in [0, 0.1) is 19.8 Å². The number of hydrogen-bond donors (Lipinski definition) is 1. The Balaban J connectivity index is 2.08. The van der Waals surface area contributed by atoms with Gasteiger partial charge in [0, 0.05) is 25.2 Å². The molecule has 0 unspecified atom stereocenters. The first-order valence-electron chi connectivity index (χ1n) is 6.10. The van der Waals surface area contributed by atoms with Crippen LogP contribution >= 0.6 is 0 Å². The van der Waals surface area contributed by atoms with Crippen molar-refractivity contribution in [2.45, 2.75) is 20.4 Å². The molecule has 0 atom stereocenters. The summed E-state index contributed by atoms with van der Waals surface area (Å²) in [5, 5.41) is 8.85. The van der Waals surface area contributed by atoms with Gasteiger partial charge in [-0.2, -0.15) is 0 Å². The van der Waals surface area contributed by atoms with Crippen LogP contribution in [0.15, 0.2) is 12.1 Å². The van der Waals surface area contributed by atoms with Gasteiger partial charge < -0.3 is 9.84 Å². The Bertz CT molecular complexity index is 464. The standard InChI is InChI=1S/C14H19NO3/c1-9-4-10(2)13(18-3)11(5-9)6-15-7-12(8-15)14(16)17/h4-5,12H,6-8H2,1-3H3,(H,16,17). The van der Waals surface area contributed by atoms with E-state index in [2.05, 4.69) is 24.0 Å². The van der Waals surface area contributed by atoms with Crippen LogP contribution < -0.4 is 4.74 Å². The van der Waals surface area contributed by atoms with Crippen LogP contribution in [0.3, 0.4) is 0 Å². The minimum absolute atomic E-state index is 0.207. The number of hydrogen-bond acceptors (Lipinski definition) is 3. The molecular formula is C14H19NO3. The van der Waals surface area contributed by atoms with Gasteiger partial charge in [0.2, 0.25) is 0 Å². The molecule has 0 spiro atoms. The molecule has 1 saturated heterocycles. The molecule has 1 aliphatic heterocycles. The Hall–Kier alpha value is -1.55. The van der Waals surface area contributed by atoms with Gasteiger partial charge in [0.05, 0.1) is 13.0 Å². The predicted molar refractivity (Wildman–Crippen MR) is 68.9 cm³/mol. The molecule has 98 valence electrons. The molecule has 0 saturated carbocycles. The highest BCUT2D eigenvalue weighted by atomic mass is 16.5. The molecule has 4 heteroatoms. The van der Waals surface area contributed by atoms with Crippen LogP contribution in [0.4, 0.5) is 0 Å². The third kappa shape index (κ3) is 2.48. The molecule has 1 aromatic rings. The number of carbonyl (C=O) groups is 1. The van der Waals surface area contributed by atoms with Gasteiger partial charge >= 0.3 is 5.97 Å². The van der Waals surface area contributed by atoms with Crippen LogP contribution in [0.2, 0.25) is 0 Å². The molecule has 1 fully saturated rings. The van der Waals surface area contributed by atoms with Gasteiger partial charge in [-0.25, -0.2) is 0 Å². The van der Waals surface area contributed by atoms with Crippen molar-refractivity contribution < 1.29 is 14.6 Å². The molecule has 1 aliphatic rings. The highest BCUT2D eigenvalue weighted by Crippen LogP contribution is 2.28. The average molecular weight is 249 g/mol. The second-order valence-electron chi connectivity index (χ2n) is 5.00. The third-order valence-corrected chi connectivity index (χ3v) is 3.40. The van der Waals surface area contributed by atoms with Gasteiger partial charge in [0.15, 0.2) is 0 Å². The van der Waals surface area contributed by atoms with E-state index in [1.165, 1.54) is 5.56 Å². The van der Waals surface area contributed by atoms with E-state index in [0.29, 0.717) is 13.1 Å². The van der Waals surface area contributed by atoms with Crippen molar-refractivity contribution in [3.05, 3.63) is 28.8 Å². The summed E-state index contributed by atoms with van der Waals surface area (Å²) in [5.74, 6) is 0.0138. The van der Waals surface area contributed by atoms with Crippen molar-refractivity contribution in [1.82, 2.24) is 4.90 Å². The van der Waals surface area contributed by atoms with Crippen molar-refractivity contribution in [1.29, 1.82) is 0 Å². The van der Waals surface area contributed by atoms with Gasteiger partial charge in [-0.3, -0.25) is 9.69 Å². The molecular weight excluding hydrogens is 230 g/mol. The minimum atomic E-state index is -0.696. The smallest absolute Gasteiger partial charge is 0.309 e. The van der Waals surface area contributed by atoms with Crippen LogP contribution in [0.5, 0.6) is 5.75 Å². The number of carboxylic acids is 1. The van der Waals surface area contributed by atoms with Crippen LogP contribution in [-0.4, -0.2) is 36.2 Å². The van der Waals surface area contributed by atoms with Crippen LogP contribution in [-0.2, 0) is 11.3 Å². The number of aliphatic carboxylic acids is 1. The fraction of sp³-hybridized carbons (Fsp3) is 0.500. The average Bonchev–Trinajstić information content (AvgIpc) is 2.21. The summed E-state index contributed by atoms with van der Waals surface area (Å²) in [6.07, 6.45) is 0. The number of rotatable bonds is 4. The lowest BCUT2D eigenvalue weighted by molar-refractivity contribution is -0.147. The summed E-state index contributed by atoms with van der Waals surface area (Å²) in [7, 11) is 1.68. The number of benzene rings is 1. The molecule has 1 heterocycles. The summed E-state index contributed by atoms with van der Waals surface area (Å²) in [6, 6.07) is 4.21. The molecule has 0 aromatic heterocycles. The molecule has 0 aliphatic carbocycles. The fourth-order valence-corrected chi connectivity index (χ4v) is 2.55. The maximum Gasteiger partial charge on any atom is 0.309 e. The Morgan fingerprint density at radius 3 is 2.67 bits per heavy atom. The number of methoxy groups -OCH3 is 1. The van der Waals surface area contributed by atoms with Crippen molar-refractivity contribution in [3.8, 4) is 5.75 Å². The zero-order valence-corrected chi connectivity index (χ0v) is 11.1. The van der Waals surface area contributed by atoms with Crippen LogP contribution in [0.25, 0.3) is 0 Å². The molecule has 0 amide bonds. The van der Waals surface area contributed by atoms with Crippen molar-refractivity contribution in [2.75, 3.05) is 20.2 Å². The maximum absolute atomic E-state index is 10.8. The Kier molecular flexibility index (Phi) is 3.57. The van der Waals surface area contributed by atoms with E-state index in [1.807, 2.05) is 6.92 Å². The molecule has 1 aromatic carbocycles. The number of likely N-dealkylation sites (tertiary alicyclic amines) is 1. The van der Waals surface area contributed by atoms with E-state index in [-0.39, 0.29) is 5.92 Å². The maximum atomic E-state index is 10.8. The van der Waals surface area contributed by atoms with Gasteiger partial charge in [-0.1, -0.05) is 17.7 Å². The second kappa shape index (κ2) is 4.98. The highest BCUT2D eigenvalue weighted by molar-refractivity contribution is 5.71. The van der Waals surface area contributed by atoms with E-state index >= 15 is 0 Å². The second-order valence-corrected chi connectivity index (χ2v) is 5.00. The first-order valence-corrected chi connectivity index (χ1v) is 6.10. The van der Waals surface area contributed by atoms with E-state index < -0.39 is 5.97 Å².